The predicted octanol–water partition coefficient (Wildman–Crippen LogP) is 4.04. The Morgan fingerprint density at radius 1 is 1.19 bits per heavy atom. The fourth-order valence-corrected chi connectivity index (χ4v) is 4.31. The molecule has 1 fully saturated rings. The van der Waals surface area contributed by atoms with Crippen LogP contribution < -0.4 is 11.1 Å². The number of rotatable bonds is 4. The predicted molar refractivity (Wildman–Crippen MR) is 117 cm³/mol. The lowest BCUT2D eigenvalue weighted by Crippen LogP contribution is -2.16. The first kappa shape index (κ1) is 19.2. The lowest BCUT2D eigenvalue weighted by atomic mass is 9.98. The van der Waals surface area contributed by atoms with Gasteiger partial charge in [-0.2, -0.15) is 5.10 Å². The summed E-state index contributed by atoms with van der Waals surface area (Å²) in [4.78, 5) is 21.2. The molecule has 0 unspecified atom stereocenters. The summed E-state index contributed by atoms with van der Waals surface area (Å²) in [6.07, 6.45) is 6.46. The molecule has 31 heavy (non-hydrogen) atoms. The van der Waals surface area contributed by atoms with Gasteiger partial charge in [-0.15, -0.1) is 0 Å². The summed E-state index contributed by atoms with van der Waals surface area (Å²) in [5, 5.41) is 11.0. The van der Waals surface area contributed by atoms with E-state index in [-0.39, 0.29) is 29.3 Å². The normalized spacial score (nSPS) is 20.0. The summed E-state index contributed by atoms with van der Waals surface area (Å²) in [5.74, 6) is -0.0166. The van der Waals surface area contributed by atoms with E-state index in [0.29, 0.717) is 27.7 Å². The zero-order chi connectivity index (χ0) is 21.7. The molecular formula is C23H21FN6O. The van der Waals surface area contributed by atoms with E-state index in [1.54, 1.807) is 30.7 Å². The van der Waals surface area contributed by atoms with Gasteiger partial charge < -0.3 is 11.1 Å². The summed E-state index contributed by atoms with van der Waals surface area (Å²) in [6, 6.07) is 7.15. The quantitative estimate of drug-likeness (QED) is 0.435. The van der Waals surface area contributed by atoms with Crippen LogP contribution in [0.1, 0.15) is 24.1 Å². The van der Waals surface area contributed by atoms with Gasteiger partial charge in [-0.05, 0) is 48.1 Å². The lowest BCUT2D eigenvalue weighted by molar-refractivity contribution is -0.117. The number of anilines is 2. The fraction of sp³-hybridized carbons (Fsp3) is 0.217. The monoisotopic (exact) mass is 416 g/mol. The highest BCUT2D eigenvalue weighted by Crippen LogP contribution is 2.53. The molecule has 3 aromatic heterocycles. The number of pyridine rings is 2. The lowest BCUT2D eigenvalue weighted by Gasteiger charge is -2.12. The van der Waals surface area contributed by atoms with Gasteiger partial charge in [0.15, 0.2) is 5.82 Å². The molecule has 0 spiro atoms. The Labute approximate surface area is 177 Å². The molecule has 5 rings (SSSR count). The molecule has 156 valence electrons. The van der Waals surface area contributed by atoms with Gasteiger partial charge in [0.05, 0.1) is 11.6 Å². The fourth-order valence-electron chi connectivity index (χ4n) is 4.31. The molecule has 7 nitrogen and oxygen atoms in total. The number of nitrogens with zero attached hydrogens (tertiary/aromatic N) is 3. The number of fused-ring (bicyclic) bond motifs is 1. The number of amides is 1. The number of hydrogen-bond donors (Lipinski definition) is 3. The molecule has 1 saturated carbocycles. The summed E-state index contributed by atoms with van der Waals surface area (Å²) in [5.41, 5.74) is 8.99. The van der Waals surface area contributed by atoms with Crippen molar-refractivity contribution in [3.05, 3.63) is 66.1 Å². The van der Waals surface area contributed by atoms with Gasteiger partial charge in [0.2, 0.25) is 5.91 Å². The number of aromatic amines is 1. The molecule has 8 heteroatoms. The van der Waals surface area contributed by atoms with Crippen molar-refractivity contribution in [2.24, 2.45) is 11.8 Å². The number of benzene rings is 1. The Balaban J connectivity index is 1.47. The molecule has 0 radical (unpaired) electrons. The van der Waals surface area contributed by atoms with Crippen LogP contribution in [0.4, 0.5) is 15.9 Å². The highest BCUT2D eigenvalue weighted by Gasteiger charge is 2.53. The average Bonchev–Trinajstić information content (AvgIpc) is 3.16. The van der Waals surface area contributed by atoms with Crippen LogP contribution in [0.2, 0.25) is 0 Å². The highest BCUT2D eigenvalue weighted by molar-refractivity contribution is 6.00. The van der Waals surface area contributed by atoms with Gasteiger partial charge in [-0.3, -0.25) is 14.9 Å². The van der Waals surface area contributed by atoms with Crippen molar-refractivity contribution in [3.8, 4) is 11.1 Å². The minimum absolute atomic E-state index is 0.0243. The number of aromatic nitrogens is 4. The molecule has 4 N–H and O–H groups in total. The van der Waals surface area contributed by atoms with Crippen molar-refractivity contribution in [2.45, 2.75) is 19.8 Å². The molecular weight excluding hydrogens is 395 g/mol. The molecule has 1 aromatic carbocycles. The molecule has 0 aliphatic heterocycles. The van der Waals surface area contributed by atoms with Gasteiger partial charge in [-0.25, -0.2) is 9.37 Å². The largest absolute Gasteiger partial charge is 0.396 e. The molecule has 0 saturated heterocycles. The van der Waals surface area contributed by atoms with Crippen molar-refractivity contribution in [2.75, 3.05) is 11.1 Å². The Bertz CT molecular complexity index is 1300. The minimum Gasteiger partial charge on any atom is -0.396 e. The second kappa shape index (κ2) is 7.16. The van der Waals surface area contributed by atoms with Gasteiger partial charge in [0, 0.05) is 52.9 Å². The molecule has 3 heterocycles. The van der Waals surface area contributed by atoms with Crippen LogP contribution in [0.15, 0.2) is 49.1 Å². The molecule has 4 aromatic rings. The SMILES string of the molecule is Cc1ccncc1-c1cc2cc(NC(=O)[C@@H]3[C@@H](C)[C@H]3c3ccn[nH]3)ncc2c(N)c1F. The third kappa shape index (κ3) is 3.20. The maximum atomic E-state index is 15.0. The maximum absolute atomic E-state index is 15.0. The van der Waals surface area contributed by atoms with Gasteiger partial charge in [0.1, 0.15) is 5.82 Å². The van der Waals surface area contributed by atoms with Crippen molar-refractivity contribution in [1.82, 2.24) is 20.2 Å². The second-order valence-electron chi connectivity index (χ2n) is 8.04. The van der Waals surface area contributed by atoms with E-state index in [4.69, 9.17) is 5.73 Å². The number of aryl methyl sites for hydroxylation is 1. The first-order valence-electron chi connectivity index (χ1n) is 10.0. The number of carbonyl (C=O) groups excluding carboxylic acids is 1. The standard InChI is InChI=1S/C23H21FN6O/c1-11-3-5-26-9-15(11)14-7-13-8-18(27-10-16(13)22(25)21(14)24)29-23(31)20-12(2)19(20)17-4-6-28-30-17/h3-10,12,19-20H,25H2,1-2H3,(H,28,30)(H,27,29,31)/t12-,19-,20+/m0/s1. The second-order valence-corrected chi connectivity index (χ2v) is 8.04. The molecule has 3 atom stereocenters. The van der Waals surface area contributed by atoms with E-state index in [1.807, 2.05) is 26.0 Å². The van der Waals surface area contributed by atoms with Crippen molar-refractivity contribution in [1.29, 1.82) is 0 Å². The van der Waals surface area contributed by atoms with Gasteiger partial charge in [0.25, 0.3) is 0 Å². The summed E-state index contributed by atoms with van der Waals surface area (Å²) in [7, 11) is 0. The van der Waals surface area contributed by atoms with Crippen LogP contribution in [0, 0.1) is 24.6 Å². The van der Waals surface area contributed by atoms with Crippen molar-refractivity contribution in [3.63, 3.8) is 0 Å². The van der Waals surface area contributed by atoms with Gasteiger partial charge >= 0.3 is 0 Å². The Kier molecular flexibility index (Phi) is 4.43. The summed E-state index contributed by atoms with van der Waals surface area (Å²) >= 11 is 0. The zero-order valence-corrected chi connectivity index (χ0v) is 17.1. The third-order valence-corrected chi connectivity index (χ3v) is 6.14. The van der Waals surface area contributed by atoms with Crippen LogP contribution in [0.25, 0.3) is 21.9 Å². The van der Waals surface area contributed by atoms with E-state index in [2.05, 4.69) is 25.5 Å². The van der Waals surface area contributed by atoms with Crippen molar-refractivity contribution < 1.29 is 9.18 Å². The van der Waals surface area contributed by atoms with Gasteiger partial charge in [-0.1, -0.05) is 6.92 Å². The number of nitrogens with two attached hydrogens (primary N) is 1. The van der Waals surface area contributed by atoms with E-state index in [0.717, 1.165) is 11.3 Å². The van der Waals surface area contributed by atoms with E-state index in [1.165, 1.54) is 6.20 Å². The molecule has 1 amide bonds. The van der Waals surface area contributed by atoms with E-state index >= 15 is 0 Å². The van der Waals surface area contributed by atoms with E-state index < -0.39 is 5.82 Å². The Hall–Kier alpha value is -3.81. The minimum atomic E-state index is -0.503. The van der Waals surface area contributed by atoms with Crippen LogP contribution in [-0.2, 0) is 4.79 Å². The average molecular weight is 416 g/mol. The summed E-state index contributed by atoms with van der Waals surface area (Å²) in [6.45, 7) is 3.93. The first-order chi connectivity index (χ1) is 15.0. The van der Waals surface area contributed by atoms with Crippen LogP contribution in [0.3, 0.4) is 0 Å². The summed E-state index contributed by atoms with van der Waals surface area (Å²) < 4.78 is 15.0. The van der Waals surface area contributed by atoms with Crippen LogP contribution >= 0.6 is 0 Å². The number of nitrogens with one attached hydrogen (secondary N) is 2. The topological polar surface area (TPSA) is 110 Å². The first-order valence-corrected chi connectivity index (χ1v) is 10.0. The Morgan fingerprint density at radius 2 is 2.03 bits per heavy atom. The van der Waals surface area contributed by atoms with Crippen LogP contribution in [-0.4, -0.2) is 26.1 Å². The maximum Gasteiger partial charge on any atom is 0.229 e. The third-order valence-electron chi connectivity index (χ3n) is 6.14. The number of carbonyl (C=O) groups is 1. The van der Waals surface area contributed by atoms with Crippen LogP contribution in [0.5, 0.6) is 0 Å². The smallest absolute Gasteiger partial charge is 0.229 e. The number of halogens is 1. The molecule has 1 aliphatic rings. The molecule has 1 aliphatic carbocycles. The number of H-pyrrole nitrogens is 1. The zero-order valence-electron chi connectivity index (χ0n) is 17.1. The van der Waals surface area contributed by atoms with Crippen molar-refractivity contribution >= 4 is 28.2 Å². The number of hydrogen-bond acceptors (Lipinski definition) is 5. The Morgan fingerprint density at radius 3 is 2.77 bits per heavy atom. The van der Waals surface area contributed by atoms with E-state index in [9.17, 15) is 9.18 Å². The highest BCUT2D eigenvalue weighted by atomic mass is 19.1. The number of nitrogen functional groups attached to an aromatic ring is 1. The molecule has 0 bridgehead atoms.